The molecule has 1 fully saturated rings. The number of aryl methyl sites for hydroxylation is 2. The van der Waals surface area contributed by atoms with Crippen LogP contribution in [-0.2, 0) is 16.6 Å². The Labute approximate surface area is 138 Å². The molecule has 0 radical (unpaired) electrons. The van der Waals surface area contributed by atoms with Crippen molar-refractivity contribution in [1.29, 1.82) is 0 Å². The number of rotatable bonds is 5. The van der Waals surface area contributed by atoms with Crippen molar-refractivity contribution in [2.75, 3.05) is 6.54 Å². The van der Waals surface area contributed by atoms with E-state index < -0.39 is 5.97 Å². The van der Waals surface area contributed by atoms with Gasteiger partial charge in [0, 0.05) is 31.3 Å². The number of carboxylic acids is 1. The molecular weight excluding hydrogens is 322 g/mol. The van der Waals surface area contributed by atoms with E-state index in [1.807, 2.05) is 27.0 Å². The first-order chi connectivity index (χ1) is 10.3. The molecule has 0 unspecified atom stereocenters. The number of carbonyl (C=O) groups excluding carboxylic acids is 1. The molecule has 1 aromatic rings. The lowest BCUT2D eigenvalue weighted by Gasteiger charge is -2.13. The Balaban J connectivity index is 2.17. The molecule has 0 spiro atoms. The smallest absolute Gasteiger partial charge is 0.303 e. The van der Waals surface area contributed by atoms with Gasteiger partial charge in [0.05, 0.1) is 10.6 Å². The summed E-state index contributed by atoms with van der Waals surface area (Å²) in [5, 5.41) is 13.0. The van der Waals surface area contributed by atoms with E-state index >= 15 is 0 Å². The normalized spacial score (nSPS) is 16.9. The number of hydrogen-bond acceptors (Lipinski definition) is 5. The van der Waals surface area contributed by atoms with E-state index in [1.54, 1.807) is 4.68 Å². The molecule has 2 rings (SSSR count). The van der Waals surface area contributed by atoms with E-state index in [2.05, 4.69) is 5.10 Å². The lowest BCUT2D eigenvalue weighted by molar-refractivity contribution is -0.137. The second-order valence-corrected chi connectivity index (χ2v) is 6.71. The van der Waals surface area contributed by atoms with E-state index in [0.717, 1.165) is 17.0 Å². The molecule has 0 atom stereocenters. The minimum atomic E-state index is -0.873. The largest absolute Gasteiger partial charge is 0.481 e. The maximum absolute atomic E-state index is 12.4. The van der Waals surface area contributed by atoms with Gasteiger partial charge in [0.1, 0.15) is 4.32 Å². The molecule has 6 nitrogen and oxygen atoms in total. The summed E-state index contributed by atoms with van der Waals surface area (Å²) in [5.74, 6) is -1.04. The summed E-state index contributed by atoms with van der Waals surface area (Å²) in [4.78, 5) is 25.0. The number of aliphatic carboxylic acids is 1. The van der Waals surface area contributed by atoms with Crippen LogP contribution < -0.4 is 0 Å². The van der Waals surface area contributed by atoms with Crippen LogP contribution in [0.5, 0.6) is 0 Å². The summed E-state index contributed by atoms with van der Waals surface area (Å²) in [5.41, 5.74) is 2.76. The lowest BCUT2D eigenvalue weighted by Crippen LogP contribution is -2.29. The first-order valence-electron chi connectivity index (χ1n) is 6.78. The van der Waals surface area contributed by atoms with Gasteiger partial charge in [-0.3, -0.25) is 19.2 Å². The number of hydrogen-bond donors (Lipinski definition) is 1. The van der Waals surface area contributed by atoms with Gasteiger partial charge < -0.3 is 5.11 Å². The third-order valence-corrected chi connectivity index (χ3v) is 4.86. The molecule has 0 bridgehead atoms. The van der Waals surface area contributed by atoms with Gasteiger partial charge in [0.25, 0.3) is 5.91 Å². The third kappa shape index (κ3) is 3.38. The van der Waals surface area contributed by atoms with E-state index in [9.17, 15) is 9.59 Å². The minimum Gasteiger partial charge on any atom is -0.481 e. The van der Waals surface area contributed by atoms with Crippen LogP contribution in [0, 0.1) is 13.8 Å². The van der Waals surface area contributed by atoms with Crippen molar-refractivity contribution in [3.8, 4) is 0 Å². The Kier molecular flexibility index (Phi) is 5.02. The summed E-state index contributed by atoms with van der Waals surface area (Å²) < 4.78 is 2.25. The molecule has 1 aromatic heterocycles. The van der Waals surface area contributed by atoms with Gasteiger partial charge in [-0.1, -0.05) is 24.0 Å². The fraction of sp³-hybridized carbons (Fsp3) is 0.429. The van der Waals surface area contributed by atoms with Crippen molar-refractivity contribution in [1.82, 2.24) is 14.7 Å². The Morgan fingerprint density at radius 1 is 1.45 bits per heavy atom. The monoisotopic (exact) mass is 339 g/mol. The average molecular weight is 339 g/mol. The van der Waals surface area contributed by atoms with Crippen molar-refractivity contribution < 1.29 is 14.7 Å². The van der Waals surface area contributed by atoms with E-state index in [-0.39, 0.29) is 12.3 Å². The molecule has 0 aromatic carbocycles. The van der Waals surface area contributed by atoms with Crippen LogP contribution in [0.15, 0.2) is 4.91 Å². The predicted molar refractivity (Wildman–Crippen MR) is 89.4 cm³/mol. The number of nitrogens with zero attached hydrogens (tertiary/aromatic N) is 3. The molecule has 1 N–H and O–H groups in total. The molecule has 118 valence electrons. The van der Waals surface area contributed by atoms with Crippen molar-refractivity contribution in [3.63, 3.8) is 0 Å². The molecule has 0 aliphatic carbocycles. The zero-order valence-corrected chi connectivity index (χ0v) is 14.3. The molecule has 1 aliphatic rings. The standard InChI is InChI=1S/C14H17N3O3S2/c1-8-10(9(2)16(3)15-8)7-11-13(20)17(14(21)22-11)6-4-5-12(18)19/h7H,4-6H2,1-3H3,(H,18,19)/b11-7-. The summed E-state index contributed by atoms with van der Waals surface area (Å²) >= 11 is 6.47. The molecule has 0 saturated carbocycles. The highest BCUT2D eigenvalue weighted by Gasteiger charge is 2.32. The first kappa shape index (κ1) is 16.7. The van der Waals surface area contributed by atoms with Crippen molar-refractivity contribution in [2.45, 2.75) is 26.7 Å². The molecular formula is C14H17N3O3S2. The second-order valence-electron chi connectivity index (χ2n) is 5.04. The van der Waals surface area contributed by atoms with Gasteiger partial charge in [-0.25, -0.2) is 0 Å². The van der Waals surface area contributed by atoms with Crippen molar-refractivity contribution in [2.24, 2.45) is 7.05 Å². The summed E-state index contributed by atoms with van der Waals surface area (Å²) in [6.07, 6.45) is 2.23. The fourth-order valence-electron chi connectivity index (χ4n) is 2.21. The van der Waals surface area contributed by atoms with Crippen LogP contribution in [-0.4, -0.2) is 42.5 Å². The second kappa shape index (κ2) is 6.62. The van der Waals surface area contributed by atoms with E-state index in [1.165, 1.54) is 16.7 Å². The minimum absolute atomic E-state index is 0.0247. The van der Waals surface area contributed by atoms with Crippen LogP contribution in [0.3, 0.4) is 0 Å². The molecule has 1 aliphatic heterocycles. The Morgan fingerprint density at radius 2 is 2.14 bits per heavy atom. The van der Waals surface area contributed by atoms with Gasteiger partial charge in [0.2, 0.25) is 0 Å². The maximum Gasteiger partial charge on any atom is 0.303 e. The van der Waals surface area contributed by atoms with Crippen molar-refractivity contribution in [3.05, 3.63) is 21.9 Å². The maximum atomic E-state index is 12.4. The number of carboxylic acid groups (broad SMARTS) is 1. The third-order valence-electron chi connectivity index (χ3n) is 3.49. The number of thiocarbonyl (C=S) groups is 1. The van der Waals surface area contributed by atoms with Gasteiger partial charge >= 0.3 is 5.97 Å². The van der Waals surface area contributed by atoms with Crippen LogP contribution in [0.1, 0.15) is 29.8 Å². The highest BCUT2D eigenvalue weighted by atomic mass is 32.2. The topological polar surface area (TPSA) is 75.4 Å². The average Bonchev–Trinajstić information content (AvgIpc) is 2.83. The van der Waals surface area contributed by atoms with E-state index in [0.29, 0.717) is 22.2 Å². The van der Waals surface area contributed by atoms with Crippen LogP contribution >= 0.6 is 24.0 Å². The van der Waals surface area contributed by atoms with Crippen LogP contribution in [0.25, 0.3) is 6.08 Å². The number of amides is 1. The number of thioether (sulfide) groups is 1. The van der Waals surface area contributed by atoms with Crippen molar-refractivity contribution >= 4 is 46.3 Å². The SMILES string of the molecule is Cc1nn(C)c(C)c1/C=C1\SC(=S)N(CCCC(=O)O)C1=O. The molecule has 22 heavy (non-hydrogen) atoms. The van der Waals surface area contributed by atoms with Gasteiger partial charge in [-0.15, -0.1) is 0 Å². The molecule has 2 heterocycles. The Bertz CT molecular complexity index is 679. The Hall–Kier alpha value is -1.67. The summed E-state index contributed by atoms with van der Waals surface area (Å²) in [6, 6.07) is 0. The zero-order valence-electron chi connectivity index (χ0n) is 12.6. The fourth-order valence-corrected chi connectivity index (χ4v) is 3.50. The summed E-state index contributed by atoms with van der Waals surface area (Å²) in [6.45, 7) is 4.17. The number of aromatic nitrogens is 2. The quantitative estimate of drug-likeness (QED) is 0.654. The lowest BCUT2D eigenvalue weighted by atomic mass is 10.2. The first-order valence-corrected chi connectivity index (χ1v) is 8.01. The predicted octanol–water partition coefficient (Wildman–Crippen LogP) is 2.10. The van der Waals surface area contributed by atoms with E-state index in [4.69, 9.17) is 17.3 Å². The van der Waals surface area contributed by atoms with Crippen LogP contribution in [0.4, 0.5) is 0 Å². The Morgan fingerprint density at radius 3 is 2.68 bits per heavy atom. The zero-order chi connectivity index (χ0) is 16.4. The van der Waals surface area contributed by atoms with Crippen LogP contribution in [0.2, 0.25) is 0 Å². The molecule has 1 saturated heterocycles. The van der Waals surface area contributed by atoms with Gasteiger partial charge in [-0.2, -0.15) is 5.10 Å². The summed E-state index contributed by atoms with van der Waals surface area (Å²) in [7, 11) is 1.86. The van der Waals surface area contributed by atoms with Gasteiger partial charge in [0.15, 0.2) is 0 Å². The number of carbonyl (C=O) groups is 2. The van der Waals surface area contributed by atoms with Gasteiger partial charge in [-0.05, 0) is 26.3 Å². The molecule has 1 amide bonds. The highest BCUT2D eigenvalue weighted by Crippen LogP contribution is 2.33. The highest BCUT2D eigenvalue weighted by molar-refractivity contribution is 8.26. The molecule has 8 heteroatoms.